The standard InChI is InChI=1S/C17H17ClN2O/c1-3-16(13-6-4-12(2)5-7-13)19-20-17(21)14-8-10-15(18)11-9-14/h4-11H,3H2,1-2H3,(H,20,21). The van der Waals surface area contributed by atoms with Crippen LogP contribution in [0.2, 0.25) is 5.02 Å². The third-order valence-corrected chi connectivity index (χ3v) is 3.37. The van der Waals surface area contributed by atoms with Gasteiger partial charge in [-0.05, 0) is 43.2 Å². The number of carbonyl (C=O) groups is 1. The maximum Gasteiger partial charge on any atom is 0.271 e. The second-order valence-electron chi connectivity index (χ2n) is 4.73. The van der Waals surface area contributed by atoms with Crippen LogP contribution >= 0.6 is 11.6 Å². The van der Waals surface area contributed by atoms with Crippen molar-refractivity contribution in [2.75, 3.05) is 0 Å². The number of carbonyl (C=O) groups excluding carboxylic acids is 1. The van der Waals surface area contributed by atoms with E-state index >= 15 is 0 Å². The molecule has 0 aliphatic rings. The number of nitrogens with one attached hydrogen (secondary N) is 1. The van der Waals surface area contributed by atoms with Gasteiger partial charge in [-0.1, -0.05) is 48.4 Å². The highest BCUT2D eigenvalue weighted by molar-refractivity contribution is 6.30. The Morgan fingerprint density at radius 2 is 1.62 bits per heavy atom. The van der Waals surface area contributed by atoms with Crippen molar-refractivity contribution in [3.8, 4) is 0 Å². The van der Waals surface area contributed by atoms with E-state index in [9.17, 15) is 4.79 Å². The van der Waals surface area contributed by atoms with Crippen LogP contribution in [-0.2, 0) is 0 Å². The van der Waals surface area contributed by atoms with E-state index in [0.29, 0.717) is 10.6 Å². The molecule has 0 bridgehead atoms. The predicted molar refractivity (Wildman–Crippen MR) is 86.9 cm³/mol. The Morgan fingerprint density at radius 1 is 1.05 bits per heavy atom. The summed E-state index contributed by atoms with van der Waals surface area (Å²) in [7, 11) is 0. The molecule has 2 aromatic carbocycles. The number of benzene rings is 2. The first-order valence-corrected chi connectivity index (χ1v) is 7.17. The molecule has 108 valence electrons. The second kappa shape index (κ2) is 7.04. The van der Waals surface area contributed by atoms with E-state index in [1.807, 2.05) is 38.1 Å². The molecular formula is C17H17ClN2O. The summed E-state index contributed by atoms with van der Waals surface area (Å²) in [5, 5.41) is 4.83. The number of aryl methyl sites for hydroxylation is 1. The van der Waals surface area contributed by atoms with Gasteiger partial charge in [-0.15, -0.1) is 0 Å². The van der Waals surface area contributed by atoms with Crippen LogP contribution in [0, 0.1) is 6.92 Å². The Morgan fingerprint density at radius 3 is 2.19 bits per heavy atom. The molecule has 0 radical (unpaired) electrons. The van der Waals surface area contributed by atoms with Gasteiger partial charge in [-0.3, -0.25) is 4.79 Å². The second-order valence-corrected chi connectivity index (χ2v) is 5.16. The van der Waals surface area contributed by atoms with Gasteiger partial charge in [0.2, 0.25) is 0 Å². The fraction of sp³-hybridized carbons (Fsp3) is 0.176. The molecule has 1 amide bonds. The molecule has 0 aliphatic carbocycles. The fourth-order valence-electron chi connectivity index (χ4n) is 1.88. The summed E-state index contributed by atoms with van der Waals surface area (Å²) in [6.07, 6.45) is 0.740. The first kappa shape index (κ1) is 15.3. The maximum absolute atomic E-state index is 12.0. The van der Waals surface area contributed by atoms with Gasteiger partial charge in [0, 0.05) is 10.6 Å². The van der Waals surface area contributed by atoms with Crippen molar-refractivity contribution >= 4 is 23.2 Å². The molecule has 21 heavy (non-hydrogen) atoms. The van der Waals surface area contributed by atoms with Crippen molar-refractivity contribution in [1.82, 2.24) is 5.43 Å². The van der Waals surface area contributed by atoms with Crippen molar-refractivity contribution in [3.05, 3.63) is 70.2 Å². The summed E-state index contributed by atoms with van der Waals surface area (Å²) in [5.41, 5.74) is 6.17. The monoisotopic (exact) mass is 300 g/mol. The topological polar surface area (TPSA) is 41.5 Å². The predicted octanol–water partition coefficient (Wildman–Crippen LogP) is 4.19. The molecule has 2 aromatic rings. The van der Waals surface area contributed by atoms with Gasteiger partial charge in [0.1, 0.15) is 0 Å². The Bertz CT molecular complexity index is 645. The highest BCUT2D eigenvalue weighted by Gasteiger charge is 2.06. The SMILES string of the molecule is CCC(=NNC(=O)c1ccc(Cl)cc1)c1ccc(C)cc1. The van der Waals surface area contributed by atoms with Crippen molar-refractivity contribution in [2.45, 2.75) is 20.3 Å². The lowest BCUT2D eigenvalue weighted by atomic mass is 10.1. The molecule has 0 fully saturated rings. The highest BCUT2D eigenvalue weighted by atomic mass is 35.5. The molecule has 0 saturated heterocycles. The average molecular weight is 301 g/mol. The molecule has 1 N–H and O–H groups in total. The molecule has 0 spiro atoms. The van der Waals surface area contributed by atoms with Gasteiger partial charge < -0.3 is 0 Å². The zero-order valence-corrected chi connectivity index (χ0v) is 12.8. The van der Waals surface area contributed by atoms with E-state index in [1.165, 1.54) is 5.56 Å². The molecule has 0 aromatic heterocycles. The fourth-order valence-corrected chi connectivity index (χ4v) is 2.00. The summed E-state index contributed by atoms with van der Waals surface area (Å²) in [6.45, 7) is 4.04. The lowest BCUT2D eigenvalue weighted by Crippen LogP contribution is -2.19. The normalized spacial score (nSPS) is 11.3. The van der Waals surface area contributed by atoms with Crippen LogP contribution < -0.4 is 5.43 Å². The number of hydrogen-bond acceptors (Lipinski definition) is 2. The lowest BCUT2D eigenvalue weighted by Gasteiger charge is -2.06. The lowest BCUT2D eigenvalue weighted by molar-refractivity contribution is 0.0955. The molecule has 2 rings (SSSR count). The minimum absolute atomic E-state index is 0.246. The van der Waals surface area contributed by atoms with Crippen LogP contribution in [0.15, 0.2) is 53.6 Å². The van der Waals surface area contributed by atoms with Gasteiger partial charge in [0.15, 0.2) is 0 Å². The smallest absolute Gasteiger partial charge is 0.267 e. The van der Waals surface area contributed by atoms with E-state index in [-0.39, 0.29) is 5.91 Å². The van der Waals surface area contributed by atoms with Gasteiger partial charge in [-0.2, -0.15) is 5.10 Å². The number of nitrogens with zero attached hydrogens (tertiary/aromatic N) is 1. The van der Waals surface area contributed by atoms with Crippen LogP contribution in [0.5, 0.6) is 0 Å². The minimum atomic E-state index is -0.246. The summed E-state index contributed by atoms with van der Waals surface area (Å²) < 4.78 is 0. The average Bonchev–Trinajstić information content (AvgIpc) is 2.50. The molecule has 4 heteroatoms. The summed E-state index contributed by atoms with van der Waals surface area (Å²) in [5.74, 6) is -0.246. The molecule has 3 nitrogen and oxygen atoms in total. The first-order chi connectivity index (χ1) is 10.1. The largest absolute Gasteiger partial charge is 0.271 e. The van der Waals surface area contributed by atoms with Crippen LogP contribution in [0.1, 0.15) is 34.8 Å². The zero-order valence-electron chi connectivity index (χ0n) is 12.1. The van der Waals surface area contributed by atoms with Crippen LogP contribution in [-0.4, -0.2) is 11.6 Å². The number of amides is 1. The van der Waals surface area contributed by atoms with Gasteiger partial charge in [-0.25, -0.2) is 5.43 Å². The number of hydrazone groups is 1. The van der Waals surface area contributed by atoms with E-state index in [2.05, 4.69) is 10.5 Å². The Labute approximate surface area is 129 Å². The molecule has 0 unspecified atom stereocenters. The van der Waals surface area contributed by atoms with Crippen molar-refractivity contribution < 1.29 is 4.79 Å². The Balaban J connectivity index is 2.12. The highest BCUT2D eigenvalue weighted by Crippen LogP contribution is 2.10. The molecule has 0 aliphatic heterocycles. The number of halogens is 1. The van der Waals surface area contributed by atoms with Crippen molar-refractivity contribution in [3.63, 3.8) is 0 Å². The number of rotatable bonds is 4. The van der Waals surface area contributed by atoms with Crippen molar-refractivity contribution in [1.29, 1.82) is 0 Å². The first-order valence-electron chi connectivity index (χ1n) is 6.79. The van der Waals surface area contributed by atoms with E-state index in [0.717, 1.165) is 17.7 Å². The van der Waals surface area contributed by atoms with Gasteiger partial charge in [0.25, 0.3) is 5.91 Å². The third-order valence-electron chi connectivity index (χ3n) is 3.12. The Hall–Kier alpha value is -2.13. The third kappa shape index (κ3) is 4.17. The minimum Gasteiger partial charge on any atom is -0.267 e. The van der Waals surface area contributed by atoms with Gasteiger partial charge >= 0.3 is 0 Å². The maximum atomic E-state index is 12.0. The molecular weight excluding hydrogens is 284 g/mol. The molecule has 0 heterocycles. The summed E-state index contributed by atoms with van der Waals surface area (Å²) in [6, 6.07) is 14.8. The summed E-state index contributed by atoms with van der Waals surface area (Å²) >= 11 is 5.80. The van der Waals surface area contributed by atoms with E-state index in [4.69, 9.17) is 11.6 Å². The summed E-state index contributed by atoms with van der Waals surface area (Å²) in [4.78, 5) is 12.0. The number of hydrogen-bond donors (Lipinski definition) is 1. The Kier molecular flexibility index (Phi) is 5.12. The quantitative estimate of drug-likeness (QED) is 0.667. The molecule has 0 atom stereocenters. The zero-order chi connectivity index (χ0) is 15.2. The van der Waals surface area contributed by atoms with Gasteiger partial charge in [0.05, 0.1) is 5.71 Å². The van der Waals surface area contributed by atoms with E-state index < -0.39 is 0 Å². The van der Waals surface area contributed by atoms with Crippen molar-refractivity contribution in [2.24, 2.45) is 5.10 Å². The van der Waals surface area contributed by atoms with Crippen LogP contribution in [0.3, 0.4) is 0 Å². The molecule has 0 saturated carbocycles. The van der Waals surface area contributed by atoms with Crippen LogP contribution in [0.25, 0.3) is 0 Å². The van der Waals surface area contributed by atoms with Crippen LogP contribution in [0.4, 0.5) is 0 Å². The van der Waals surface area contributed by atoms with E-state index in [1.54, 1.807) is 24.3 Å².